The maximum atomic E-state index is 11.6. The first-order valence-corrected chi connectivity index (χ1v) is 7.03. The van der Waals surface area contributed by atoms with E-state index in [-0.39, 0.29) is 6.54 Å². The van der Waals surface area contributed by atoms with Crippen LogP contribution in [0.15, 0.2) is 24.4 Å². The summed E-state index contributed by atoms with van der Waals surface area (Å²) in [6, 6.07) is 5.31. The summed E-state index contributed by atoms with van der Waals surface area (Å²) < 4.78 is 5.07. The number of nitrogens with one attached hydrogen (secondary N) is 2. The molecule has 0 saturated carbocycles. The lowest BCUT2D eigenvalue weighted by Crippen LogP contribution is -2.38. The molecule has 2 atom stereocenters. The van der Waals surface area contributed by atoms with E-state index in [1.807, 2.05) is 6.07 Å². The molecule has 0 aliphatic heterocycles. The molecule has 1 heterocycles. The topological polar surface area (TPSA) is 107 Å². The number of fused-ring (bicyclic) bond motifs is 1. The molecular weight excluding hydrogens is 286 g/mol. The number of aliphatic hydroxyl groups excluding tert-OH is 2. The van der Waals surface area contributed by atoms with Gasteiger partial charge in [0.1, 0.15) is 17.8 Å². The summed E-state index contributed by atoms with van der Waals surface area (Å²) in [5.41, 5.74) is 0.564. The number of hydrogen-bond donors (Lipinski definition) is 4. The van der Waals surface area contributed by atoms with Gasteiger partial charge in [-0.25, -0.2) is 4.79 Å². The van der Waals surface area contributed by atoms with Crippen molar-refractivity contribution in [1.29, 1.82) is 0 Å². The molecule has 7 nitrogen and oxygen atoms in total. The number of ether oxygens (including phenoxy) is 1. The highest BCUT2D eigenvalue weighted by Crippen LogP contribution is 2.24. The van der Waals surface area contributed by atoms with Crippen LogP contribution in [0.1, 0.15) is 32.4 Å². The van der Waals surface area contributed by atoms with Gasteiger partial charge in [-0.3, -0.25) is 5.10 Å². The molecule has 1 amide bonds. The van der Waals surface area contributed by atoms with E-state index >= 15 is 0 Å². The van der Waals surface area contributed by atoms with Crippen LogP contribution >= 0.6 is 0 Å². The van der Waals surface area contributed by atoms with Gasteiger partial charge < -0.3 is 20.3 Å². The van der Waals surface area contributed by atoms with Crippen molar-refractivity contribution in [3.05, 3.63) is 30.0 Å². The summed E-state index contributed by atoms with van der Waals surface area (Å²) in [6.45, 7) is 5.12. The summed E-state index contributed by atoms with van der Waals surface area (Å²) in [5.74, 6) is 0. The number of hydrogen-bond acceptors (Lipinski definition) is 5. The van der Waals surface area contributed by atoms with Crippen LogP contribution in [0.4, 0.5) is 4.79 Å². The second-order valence-electron chi connectivity index (χ2n) is 6.08. The molecule has 0 saturated heterocycles. The molecule has 1 aromatic heterocycles. The Morgan fingerprint density at radius 2 is 2.14 bits per heavy atom. The number of nitrogens with zero attached hydrogens (tertiary/aromatic N) is 1. The van der Waals surface area contributed by atoms with Gasteiger partial charge >= 0.3 is 6.09 Å². The third-order valence-corrected chi connectivity index (χ3v) is 3.05. The maximum absolute atomic E-state index is 11.6. The van der Waals surface area contributed by atoms with E-state index in [4.69, 9.17) is 4.74 Å². The van der Waals surface area contributed by atoms with Crippen molar-refractivity contribution in [3.8, 4) is 0 Å². The molecule has 22 heavy (non-hydrogen) atoms. The van der Waals surface area contributed by atoms with E-state index in [1.165, 1.54) is 0 Å². The highest BCUT2D eigenvalue weighted by Gasteiger charge is 2.23. The quantitative estimate of drug-likeness (QED) is 0.684. The van der Waals surface area contributed by atoms with E-state index in [1.54, 1.807) is 39.1 Å². The molecule has 2 aromatic rings. The zero-order chi connectivity index (χ0) is 16.3. The lowest BCUT2D eigenvalue weighted by atomic mass is 10.0. The average Bonchev–Trinajstić information content (AvgIpc) is 2.90. The molecule has 0 radical (unpaired) electrons. The molecule has 4 N–H and O–H groups in total. The van der Waals surface area contributed by atoms with Gasteiger partial charge in [0, 0.05) is 17.5 Å². The van der Waals surface area contributed by atoms with Crippen LogP contribution in [0, 0.1) is 0 Å². The van der Waals surface area contributed by atoms with Gasteiger partial charge in [0.25, 0.3) is 0 Å². The van der Waals surface area contributed by atoms with Gasteiger partial charge in [-0.15, -0.1) is 0 Å². The fourth-order valence-electron chi connectivity index (χ4n) is 2.06. The van der Waals surface area contributed by atoms with Gasteiger partial charge in [-0.2, -0.15) is 5.10 Å². The first-order valence-electron chi connectivity index (χ1n) is 7.03. The van der Waals surface area contributed by atoms with Gasteiger partial charge in [0.05, 0.1) is 11.7 Å². The third-order valence-electron chi connectivity index (χ3n) is 3.05. The number of rotatable bonds is 4. The van der Waals surface area contributed by atoms with E-state index in [0.29, 0.717) is 11.1 Å². The smallest absolute Gasteiger partial charge is 0.407 e. The van der Waals surface area contributed by atoms with Gasteiger partial charge in [-0.1, -0.05) is 18.2 Å². The minimum atomic E-state index is -1.17. The van der Waals surface area contributed by atoms with Crippen LogP contribution in [0.25, 0.3) is 10.9 Å². The zero-order valence-corrected chi connectivity index (χ0v) is 12.8. The minimum Gasteiger partial charge on any atom is -0.444 e. The number of aliphatic hydroxyl groups is 2. The first kappa shape index (κ1) is 16.3. The van der Waals surface area contributed by atoms with Crippen LogP contribution < -0.4 is 5.32 Å². The van der Waals surface area contributed by atoms with Crippen molar-refractivity contribution in [3.63, 3.8) is 0 Å². The number of alkyl carbamates (subject to hydrolysis) is 1. The molecule has 2 rings (SSSR count). The fourth-order valence-corrected chi connectivity index (χ4v) is 2.06. The Hall–Kier alpha value is -2.12. The van der Waals surface area contributed by atoms with Crippen molar-refractivity contribution in [2.45, 2.75) is 38.6 Å². The lowest BCUT2D eigenvalue weighted by molar-refractivity contribution is 0.0135. The molecular formula is C15H21N3O4. The fraction of sp³-hybridized carbons (Fsp3) is 0.467. The van der Waals surface area contributed by atoms with Crippen LogP contribution in [-0.4, -0.2) is 44.8 Å². The van der Waals surface area contributed by atoms with E-state index in [9.17, 15) is 15.0 Å². The normalized spacial score (nSPS) is 14.6. The molecule has 0 bridgehead atoms. The Kier molecular flexibility index (Phi) is 4.68. The standard InChI is InChI=1S/C15H21N3O4/c1-15(2,3)22-14(21)16-8-11(19)13(20)10-6-4-5-9-7-17-18-12(9)10/h4-7,11,13,19-20H,8H2,1-3H3,(H,16,21)(H,17,18). The monoisotopic (exact) mass is 307 g/mol. The van der Waals surface area contributed by atoms with Crippen LogP contribution in [0.2, 0.25) is 0 Å². The number of carbonyl (C=O) groups excluding carboxylic acids is 1. The van der Waals surface area contributed by atoms with Crippen LogP contribution in [0.3, 0.4) is 0 Å². The average molecular weight is 307 g/mol. The molecule has 7 heteroatoms. The predicted octanol–water partition coefficient (Wildman–Crippen LogP) is 1.48. The zero-order valence-electron chi connectivity index (χ0n) is 12.8. The maximum Gasteiger partial charge on any atom is 0.407 e. The largest absolute Gasteiger partial charge is 0.444 e. The van der Waals surface area contributed by atoms with Gasteiger partial charge in [0.2, 0.25) is 0 Å². The van der Waals surface area contributed by atoms with Crippen molar-refractivity contribution in [2.75, 3.05) is 6.54 Å². The molecule has 0 spiro atoms. The van der Waals surface area contributed by atoms with Crippen molar-refractivity contribution < 1.29 is 19.7 Å². The molecule has 120 valence electrons. The summed E-state index contributed by atoms with van der Waals surface area (Å²) in [6.07, 6.45) is -1.32. The van der Waals surface area contributed by atoms with Crippen molar-refractivity contribution >= 4 is 17.0 Å². The number of para-hydroxylation sites is 1. The summed E-state index contributed by atoms with van der Waals surface area (Å²) in [4.78, 5) is 11.6. The van der Waals surface area contributed by atoms with E-state index in [0.717, 1.165) is 5.39 Å². The van der Waals surface area contributed by atoms with Gasteiger partial charge in [-0.05, 0) is 20.8 Å². The first-order chi connectivity index (χ1) is 10.3. The molecule has 2 unspecified atom stereocenters. The predicted molar refractivity (Wildman–Crippen MR) is 81.3 cm³/mol. The number of amides is 1. The van der Waals surface area contributed by atoms with Crippen LogP contribution in [0.5, 0.6) is 0 Å². The Balaban J connectivity index is 1.99. The van der Waals surface area contributed by atoms with E-state index < -0.39 is 23.9 Å². The number of aromatic amines is 1. The highest BCUT2D eigenvalue weighted by atomic mass is 16.6. The van der Waals surface area contributed by atoms with Crippen LogP contribution in [-0.2, 0) is 4.74 Å². The second-order valence-corrected chi connectivity index (χ2v) is 6.08. The number of aromatic nitrogens is 2. The molecule has 1 aromatic carbocycles. The Labute approximate surface area is 128 Å². The van der Waals surface area contributed by atoms with E-state index in [2.05, 4.69) is 15.5 Å². The number of carbonyl (C=O) groups is 1. The summed E-state index contributed by atoms with van der Waals surface area (Å²) in [5, 5.41) is 30.3. The lowest BCUT2D eigenvalue weighted by Gasteiger charge is -2.22. The Morgan fingerprint density at radius 1 is 1.41 bits per heavy atom. The Bertz CT molecular complexity index is 648. The minimum absolute atomic E-state index is 0.124. The highest BCUT2D eigenvalue weighted by molar-refractivity contribution is 5.81. The molecule has 0 fully saturated rings. The summed E-state index contributed by atoms with van der Waals surface area (Å²) >= 11 is 0. The molecule has 0 aliphatic rings. The SMILES string of the molecule is CC(C)(C)OC(=O)NCC(O)C(O)c1cccc2cn[nH]c12. The van der Waals surface area contributed by atoms with Crippen molar-refractivity contribution in [2.24, 2.45) is 0 Å². The number of benzene rings is 1. The third kappa shape index (κ3) is 3.96. The Morgan fingerprint density at radius 3 is 2.82 bits per heavy atom. The van der Waals surface area contributed by atoms with Gasteiger partial charge in [0.15, 0.2) is 0 Å². The number of H-pyrrole nitrogens is 1. The van der Waals surface area contributed by atoms with Crippen molar-refractivity contribution in [1.82, 2.24) is 15.5 Å². The molecule has 0 aliphatic carbocycles. The second kappa shape index (κ2) is 6.33. The summed E-state index contributed by atoms with van der Waals surface area (Å²) in [7, 11) is 0.